The highest BCUT2D eigenvalue weighted by molar-refractivity contribution is 6.30. The van der Waals surface area contributed by atoms with Gasteiger partial charge in [-0.2, -0.15) is 0 Å². The number of rotatable bonds is 4. The molecule has 1 N–H and O–H groups in total. The van der Waals surface area contributed by atoms with Crippen LogP contribution in [0.2, 0.25) is 5.02 Å². The first kappa shape index (κ1) is 21.5. The number of nitrogens with zero attached hydrogens (tertiary/aromatic N) is 2. The zero-order chi connectivity index (χ0) is 22.5. The van der Waals surface area contributed by atoms with E-state index in [1.165, 1.54) is 0 Å². The molecule has 2 heterocycles. The molecule has 0 unspecified atom stereocenters. The molecule has 2 aliphatic heterocycles. The molecular formula is C24H25ClN2O4. The number of fused-ring (bicyclic) bond motifs is 1. The molecular weight excluding hydrogens is 416 g/mol. The van der Waals surface area contributed by atoms with Gasteiger partial charge in [0.25, 0.3) is 11.8 Å². The minimum atomic E-state index is -1.15. The molecule has 6 nitrogen and oxygen atoms in total. The van der Waals surface area contributed by atoms with Gasteiger partial charge in [-0.3, -0.25) is 19.3 Å². The third-order valence-corrected chi connectivity index (χ3v) is 6.49. The molecule has 4 rings (SSSR count). The second kappa shape index (κ2) is 7.77. The third kappa shape index (κ3) is 3.64. The van der Waals surface area contributed by atoms with Crippen molar-refractivity contribution in [2.45, 2.75) is 57.3 Å². The predicted molar refractivity (Wildman–Crippen MR) is 117 cm³/mol. The Morgan fingerprint density at radius 2 is 1.68 bits per heavy atom. The highest BCUT2D eigenvalue weighted by atomic mass is 35.5. The van der Waals surface area contributed by atoms with Gasteiger partial charge in [0.05, 0.1) is 28.8 Å². The second-order valence-corrected chi connectivity index (χ2v) is 9.20. The lowest BCUT2D eigenvalue weighted by Gasteiger charge is -2.39. The van der Waals surface area contributed by atoms with Crippen LogP contribution in [0.15, 0.2) is 48.5 Å². The fourth-order valence-corrected chi connectivity index (χ4v) is 4.94. The molecule has 0 spiro atoms. The SMILES string of the molecule is C[C@H](C(=O)N1[C@H](c2cccc(Cl)c2)CC[C@@H]1C(C)(C)O)N1C(=O)c2ccccc2C1=O. The second-order valence-electron chi connectivity index (χ2n) is 8.76. The van der Waals surface area contributed by atoms with Crippen molar-refractivity contribution in [3.05, 3.63) is 70.2 Å². The maximum atomic E-state index is 13.7. The van der Waals surface area contributed by atoms with E-state index in [0.29, 0.717) is 29.0 Å². The van der Waals surface area contributed by atoms with Crippen LogP contribution in [0.25, 0.3) is 0 Å². The lowest BCUT2D eigenvalue weighted by molar-refractivity contribution is -0.143. The van der Waals surface area contributed by atoms with Crippen LogP contribution in [0.5, 0.6) is 0 Å². The first-order chi connectivity index (χ1) is 14.6. The van der Waals surface area contributed by atoms with Crippen molar-refractivity contribution in [3.8, 4) is 0 Å². The van der Waals surface area contributed by atoms with Crippen molar-refractivity contribution in [2.75, 3.05) is 0 Å². The summed E-state index contributed by atoms with van der Waals surface area (Å²) in [4.78, 5) is 42.2. The molecule has 2 aliphatic rings. The third-order valence-electron chi connectivity index (χ3n) is 6.26. The Labute approximate surface area is 186 Å². The number of likely N-dealkylation sites (tertiary alicyclic amines) is 1. The molecule has 0 bridgehead atoms. The van der Waals surface area contributed by atoms with Gasteiger partial charge in [-0.15, -0.1) is 0 Å². The number of imide groups is 1. The number of carbonyl (C=O) groups excluding carboxylic acids is 3. The summed E-state index contributed by atoms with van der Waals surface area (Å²) in [7, 11) is 0. The van der Waals surface area contributed by atoms with E-state index in [0.717, 1.165) is 10.5 Å². The largest absolute Gasteiger partial charge is 0.388 e. The summed E-state index contributed by atoms with van der Waals surface area (Å²) in [6.45, 7) is 4.91. The molecule has 0 aliphatic carbocycles. The smallest absolute Gasteiger partial charge is 0.262 e. The van der Waals surface area contributed by atoms with Crippen LogP contribution in [0.4, 0.5) is 0 Å². The molecule has 0 radical (unpaired) electrons. The number of halogens is 1. The van der Waals surface area contributed by atoms with Gasteiger partial charge < -0.3 is 10.0 Å². The zero-order valence-electron chi connectivity index (χ0n) is 17.7. The van der Waals surface area contributed by atoms with Gasteiger partial charge >= 0.3 is 0 Å². The molecule has 2 aromatic rings. The summed E-state index contributed by atoms with van der Waals surface area (Å²) in [5, 5.41) is 11.3. The highest BCUT2D eigenvalue weighted by Crippen LogP contribution is 2.41. The van der Waals surface area contributed by atoms with E-state index >= 15 is 0 Å². The number of amides is 3. The van der Waals surface area contributed by atoms with E-state index in [1.807, 2.05) is 18.2 Å². The van der Waals surface area contributed by atoms with Crippen LogP contribution in [0.1, 0.15) is 65.9 Å². The highest BCUT2D eigenvalue weighted by Gasteiger charge is 2.49. The minimum absolute atomic E-state index is 0.305. The average molecular weight is 441 g/mol. The van der Waals surface area contributed by atoms with Gasteiger partial charge in [-0.05, 0) is 63.4 Å². The zero-order valence-corrected chi connectivity index (χ0v) is 18.5. The Kier molecular flexibility index (Phi) is 5.40. The lowest BCUT2D eigenvalue weighted by Crippen LogP contribution is -2.55. The van der Waals surface area contributed by atoms with Crippen LogP contribution >= 0.6 is 11.6 Å². The van der Waals surface area contributed by atoms with E-state index in [9.17, 15) is 19.5 Å². The molecule has 0 saturated carbocycles. The predicted octanol–water partition coefficient (Wildman–Crippen LogP) is 3.83. The fourth-order valence-electron chi connectivity index (χ4n) is 4.74. The summed E-state index contributed by atoms with van der Waals surface area (Å²) in [6, 6.07) is 12.1. The van der Waals surface area contributed by atoms with Crippen LogP contribution in [-0.2, 0) is 4.79 Å². The minimum Gasteiger partial charge on any atom is -0.388 e. The first-order valence-electron chi connectivity index (χ1n) is 10.4. The van der Waals surface area contributed by atoms with Crippen molar-refractivity contribution in [2.24, 2.45) is 0 Å². The number of aliphatic hydroxyl groups is 1. The quantitative estimate of drug-likeness (QED) is 0.733. The van der Waals surface area contributed by atoms with Gasteiger partial charge in [-0.25, -0.2) is 0 Å². The maximum Gasteiger partial charge on any atom is 0.262 e. The molecule has 31 heavy (non-hydrogen) atoms. The molecule has 1 saturated heterocycles. The lowest BCUT2D eigenvalue weighted by atomic mass is 9.96. The Morgan fingerprint density at radius 1 is 1.06 bits per heavy atom. The number of hydrogen-bond donors (Lipinski definition) is 1. The Bertz CT molecular complexity index is 1030. The van der Waals surface area contributed by atoms with Gasteiger partial charge in [0, 0.05) is 5.02 Å². The fraction of sp³-hybridized carbons (Fsp3) is 0.375. The summed E-state index contributed by atoms with van der Waals surface area (Å²) >= 11 is 6.18. The normalized spacial score (nSPS) is 22.1. The van der Waals surface area contributed by atoms with Crippen molar-refractivity contribution in [1.82, 2.24) is 9.80 Å². The summed E-state index contributed by atoms with van der Waals surface area (Å²) in [5.74, 6) is -1.32. The number of carbonyl (C=O) groups is 3. The van der Waals surface area contributed by atoms with Gasteiger partial charge in [0.15, 0.2) is 0 Å². The van der Waals surface area contributed by atoms with Crippen molar-refractivity contribution in [3.63, 3.8) is 0 Å². The molecule has 162 valence electrons. The van der Waals surface area contributed by atoms with Crippen LogP contribution in [0.3, 0.4) is 0 Å². The van der Waals surface area contributed by atoms with E-state index in [4.69, 9.17) is 11.6 Å². The molecule has 1 fully saturated rings. The maximum absolute atomic E-state index is 13.7. The van der Waals surface area contributed by atoms with Crippen LogP contribution in [-0.4, -0.2) is 50.3 Å². The summed E-state index contributed by atoms with van der Waals surface area (Å²) in [5.41, 5.74) is 0.324. The van der Waals surface area contributed by atoms with Gasteiger partial charge in [-0.1, -0.05) is 35.9 Å². The molecule has 7 heteroatoms. The Balaban J connectivity index is 1.69. The van der Waals surface area contributed by atoms with E-state index in [2.05, 4.69) is 0 Å². The monoisotopic (exact) mass is 440 g/mol. The average Bonchev–Trinajstić information content (AvgIpc) is 3.28. The van der Waals surface area contributed by atoms with Crippen LogP contribution < -0.4 is 0 Å². The molecule has 0 aromatic heterocycles. The van der Waals surface area contributed by atoms with Crippen LogP contribution in [0, 0.1) is 0 Å². The molecule has 3 atom stereocenters. The van der Waals surface area contributed by atoms with E-state index in [-0.39, 0.29) is 11.9 Å². The molecule has 2 aromatic carbocycles. The van der Waals surface area contributed by atoms with Gasteiger partial charge in [0.2, 0.25) is 5.91 Å². The van der Waals surface area contributed by atoms with Gasteiger partial charge in [0.1, 0.15) is 6.04 Å². The van der Waals surface area contributed by atoms with Crippen molar-refractivity contribution in [1.29, 1.82) is 0 Å². The van der Waals surface area contributed by atoms with E-state index < -0.39 is 29.5 Å². The van der Waals surface area contributed by atoms with E-state index in [1.54, 1.807) is 56.0 Å². The van der Waals surface area contributed by atoms with Crippen molar-refractivity contribution >= 4 is 29.3 Å². The Morgan fingerprint density at radius 3 is 2.23 bits per heavy atom. The summed E-state index contributed by atoms with van der Waals surface area (Å²) in [6.07, 6.45) is 1.25. The molecule has 3 amide bonds. The summed E-state index contributed by atoms with van der Waals surface area (Å²) < 4.78 is 0. The number of hydrogen-bond acceptors (Lipinski definition) is 4. The number of benzene rings is 2. The first-order valence-corrected chi connectivity index (χ1v) is 10.8. The topological polar surface area (TPSA) is 77.9 Å². The Hall–Kier alpha value is -2.70. The standard InChI is InChI=1S/C24H25ClN2O4/c1-14(26-22(29)17-9-4-5-10-18(17)23(26)30)21(28)27-19(11-12-20(27)24(2,3)31)15-7-6-8-16(25)13-15/h4-10,13-14,19-20,31H,11-12H2,1-3H3/t14-,19+,20-/m1/s1. The van der Waals surface area contributed by atoms with Crippen molar-refractivity contribution < 1.29 is 19.5 Å².